The van der Waals surface area contributed by atoms with Crippen LogP contribution in [0.1, 0.15) is 18.4 Å². The third-order valence-electron chi connectivity index (χ3n) is 2.11. The minimum absolute atomic E-state index is 0.0347. The molecule has 15 heavy (non-hydrogen) atoms. The fourth-order valence-corrected chi connectivity index (χ4v) is 1.58. The molecule has 0 radical (unpaired) electrons. The van der Waals surface area contributed by atoms with Crippen molar-refractivity contribution < 1.29 is 19.0 Å². The van der Waals surface area contributed by atoms with Gasteiger partial charge in [-0.05, 0) is 40.5 Å². The third kappa shape index (κ3) is 2.47. The molecule has 0 spiro atoms. The molecule has 5 heteroatoms. The Morgan fingerprint density at radius 1 is 1.60 bits per heavy atom. The molecule has 3 nitrogen and oxygen atoms in total. The van der Waals surface area contributed by atoms with Crippen LogP contribution in [0.2, 0.25) is 0 Å². The lowest BCUT2D eigenvalue weighted by Gasteiger charge is -2.10. The van der Waals surface area contributed by atoms with Crippen molar-refractivity contribution in [1.29, 1.82) is 0 Å². The summed E-state index contributed by atoms with van der Waals surface area (Å²) in [5.74, 6) is -2.15. The molecule has 0 aliphatic heterocycles. The summed E-state index contributed by atoms with van der Waals surface area (Å²) in [6.07, 6.45) is 0. The number of hydrogen-bond donors (Lipinski definition) is 1. The summed E-state index contributed by atoms with van der Waals surface area (Å²) in [7, 11) is 1.33. The predicted octanol–water partition coefficient (Wildman–Crippen LogP) is 2.78. The van der Waals surface area contributed by atoms with Gasteiger partial charge in [-0.1, -0.05) is 0 Å². The van der Waals surface area contributed by atoms with Crippen LogP contribution in [0.25, 0.3) is 0 Å². The van der Waals surface area contributed by atoms with E-state index in [4.69, 9.17) is 9.84 Å². The number of carboxylic acid groups (broad SMARTS) is 1. The van der Waals surface area contributed by atoms with Gasteiger partial charge in [0.2, 0.25) is 0 Å². The Morgan fingerprint density at radius 3 is 2.67 bits per heavy atom. The molecule has 0 fully saturated rings. The lowest BCUT2D eigenvalue weighted by atomic mass is 10.0. The quantitative estimate of drug-likeness (QED) is 0.924. The first-order chi connectivity index (χ1) is 6.97. The van der Waals surface area contributed by atoms with E-state index < -0.39 is 17.7 Å². The zero-order chi connectivity index (χ0) is 11.6. The Bertz CT molecular complexity index is 392. The van der Waals surface area contributed by atoms with Crippen molar-refractivity contribution in [2.75, 3.05) is 7.11 Å². The van der Waals surface area contributed by atoms with E-state index in [2.05, 4.69) is 15.9 Å². The number of rotatable bonds is 3. The maximum atomic E-state index is 13.3. The molecule has 0 heterocycles. The highest BCUT2D eigenvalue weighted by molar-refractivity contribution is 9.10. The summed E-state index contributed by atoms with van der Waals surface area (Å²) >= 11 is 3.01. The zero-order valence-electron chi connectivity index (χ0n) is 8.25. The molecule has 0 bridgehead atoms. The average Bonchev–Trinajstić information content (AvgIpc) is 2.20. The van der Waals surface area contributed by atoms with Gasteiger partial charge >= 0.3 is 5.97 Å². The van der Waals surface area contributed by atoms with E-state index in [0.717, 1.165) is 0 Å². The summed E-state index contributed by atoms with van der Waals surface area (Å²) in [6.45, 7) is 1.53. The fourth-order valence-electron chi connectivity index (χ4n) is 1.12. The summed E-state index contributed by atoms with van der Waals surface area (Å²) < 4.78 is 18.3. The maximum absolute atomic E-state index is 13.3. The standard InChI is InChI=1S/C10H10BrFO3/c1-5(10(13)14)6-3-7(11)9(12)8(4-6)15-2/h3-5H,1-2H3,(H,13,14). The first-order valence-electron chi connectivity index (χ1n) is 4.23. The van der Waals surface area contributed by atoms with Gasteiger partial charge in [0.15, 0.2) is 11.6 Å². The molecule has 1 aromatic carbocycles. The molecule has 0 saturated carbocycles. The van der Waals surface area contributed by atoms with Crippen molar-refractivity contribution >= 4 is 21.9 Å². The van der Waals surface area contributed by atoms with Crippen LogP contribution < -0.4 is 4.74 Å². The first-order valence-corrected chi connectivity index (χ1v) is 5.02. The molecule has 0 aliphatic rings. The average molecular weight is 277 g/mol. The van der Waals surface area contributed by atoms with Crippen molar-refractivity contribution in [1.82, 2.24) is 0 Å². The second-order valence-corrected chi connectivity index (χ2v) is 3.93. The lowest BCUT2D eigenvalue weighted by Crippen LogP contribution is -2.08. The summed E-state index contributed by atoms with van der Waals surface area (Å²) in [5, 5.41) is 8.81. The topological polar surface area (TPSA) is 46.5 Å². The van der Waals surface area contributed by atoms with Crippen LogP contribution in [0.5, 0.6) is 5.75 Å². The fraction of sp³-hybridized carbons (Fsp3) is 0.300. The molecule has 0 aromatic heterocycles. The van der Waals surface area contributed by atoms with Gasteiger partial charge in [0.1, 0.15) is 0 Å². The largest absolute Gasteiger partial charge is 0.494 e. The van der Waals surface area contributed by atoms with Crippen LogP contribution in [0, 0.1) is 5.82 Å². The second kappa shape index (κ2) is 4.61. The van der Waals surface area contributed by atoms with Gasteiger partial charge in [-0.15, -0.1) is 0 Å². The number of carboxylic acids is 1. The van der Waals surface area contributed by atoms with Gasteiger partial charge in [-0.3, -0.25) is 4.79 Å². The molecule has 82 valence electrons. The molecule has 0 amide bonds. The van der Waals surface area contributed by atoms with E-state index in [-0.39, 0.29) is 10.2 Å². The van der Waals surface area contributed by atoms with Crippen LogP contribution >= 0.6 is 15.9 Å². The van der Waals surface area contributed by atoms with Crippen LogP contribution in [0.4, 0.5) is 4.39 Å². The maximum Gasteiger partial charge on any atom is 0.310 e. The Labute approximate surface area is 95.0 Å². The Kier molecular flexibility index (Phi) is 3.68. The van der Waals surface area contributed by atoms with Gasteiger partial charge < -0.3 is 9.84 Å². The van der Waals surface area contributed by atoms with E-state index in [9.17, 15) is 9.18 Å². The molecule has 1 unspecified atom stereocenters. The number of methoxy groups -OCH3 is 1. The lowest BCUT2D eigenvalue weighted by molar-refractivity contribution is -0.138. The summed E-state index contributed by atoms with van der Waals surface area (Å²) in [4.78, 5) is 10.7. The smallest absolute Gasteiger partial charge is 0.310 e. The predicted molar refractivity (Wildman–Crippen MR) is 56.7 cm³/mol. The summed E-state index contributed by atoms with van der Waals surface area (Å²) in [5.41, 5.74) is 0.493. The van der Waals surface area contributed by atoms with Crippen LogP contribution in [-0.4, -0.2) is 18.2 Å². The van der Waals surface area contributed by atoms with E-state index >= 15 is 0 Å². The van der Waals surface area contributed by atoms with Crippen molar-refractivity contribution in [2.24, 2.45) is 0 Å². The van der Waals surface area contributed by atoms with Crippen LogP contribution in [0.15, 0.2) is 16.6 Å². The number of carbonyl (C=O) groups is 1. The number of aliphatic carboxylic acids is 1. The first kappa shape index (κ1) is 12.0. The van der Waals surface area contributed by atoms with Crippen molar-refractivity contribution in [3.05, 3.63) is 28.0 Å². The molecular formula is C10H10BrFO3. The van der Waals surface area contributed by atoms with Gasteiger partial charge in [-0.25, -0.2) is 4.39 Å². The minimum atomic E-state index is -0.962. The molecule has 1 aromatic rings. The monoisotopic (exact) mass is 276 g/mol. The molecule has 1 rings (SSSR count). The highest BCUT2D eigenvalue weighted by atomic mass is 79.9. The number of ether oxygens (including phenoxy) is 1. The summed E-state index contributed by atoms with van der Waals surface area (Å²) in [6, 6.07) is 2.83. The molecule has 0 aliphatic carbocycles. The Hall–Kier alpha value is -1.10. The van der Waals surface area contributed by atoms with Gasteiger partial charge in [-0.2, -0.15) is 0 Å². The number of hydrogen-bond acceptors (Lipinski definition) is 2. The van der Waals surface area contributed by atoms with Gasteiger partial charge in [0, 0.05) is 0 Å². The SMILES string of the molecule is COc1cc(C(C)C(=O)O)cc(Br)c1F. The highest BCUT2D eigenvalue weighted by Gasteiger charge is 2.18. The van der Waals surface area contributed by atoms with Crippen molar-refractivity contribution in [3.63, 3.8) is 0 Å². The second-order valence-electron chi connectivity index (χ2n) is 3.08. The van der Waals surface area contributed by atoms with Gasteiger partial charge in [0.25, 0.3) is 0 Å². The van der Waals surface area contributed by atoms with E-state index in [1.165, 1.54) is 26.2 Å². The Balaban J connectivity index is 3.22. The molecule has 0 saturated heterocycles. The van der Waals surface area contributed by atoms with E-state index in [1.807, 2.05) is 0 Å². The van der Waals surface area contributed by atoms with Crippen molar-refractivity contribution in [3.8, 4) is 5.75 Å². The number of benzene rings is 1. The molecule has 1 atom stereocenters. The van der Waals surface area contributed by atoms with E-state index in [1.54, 1.807) is 0 Å². The van der Waals surface area contributed by atoms with Crippen LogP contribution in [0.3, 0.4) is 0 Å². The third-order valence-corrected chi connectivity index (χ3v) is 2.68. The van der Waals surface area contributed by atoms with Crippen molar-refractivity contribution in [2.45, 2.75) is 12.8 Å². The van der Waals surface area contributed by atoms with Crippen LogP contribution in [-0.2, 0) is 4.79 Å². The number of halogens is 2. The van der Waals surface area contributed by atoms with E-state index in [0.29, 0.717) is 5.56 Å². The Morgan fingerprint density at radius 2 is 2.20 bits per heavy atom. The highest BCUT2D eigenvalue weighted by Crippen LogP contribution is 2.30. The zero-order valence-corrected chi connectivity index (χ0v) is 9.84. The minimum Gasteiger partial charge on any atom is -0.494 e. The van der Waals surface area contributed by atoms with Gasteiger partial charge in [0.05, 0.1) is 17.5 Å². The molecule has 1 N–H and O–H groups in total. The molecular weight excluding hydrogens is 267 g/mol. The normalized spacial score (nSPS) is 12.3.